The maximum atomic E-state index is 10.8. The fourth-order valence-electron chi connectivity index (χ4n) is 6.66. The van der Waals surface area contributed by atoms with Crippen LogP contribution in [-0.4, -0.2) is 51.8 Å². The van der Waals surface area contributed by atoms with Crippen molar-refractivity contribution in [2.24, 2.45) is 0 Å². The molecule has 1 atom stereocenters. The number of carbonyl (C=O) groups excluding carboxylic acids is 1. The van der Waals surface area contributed by atoms with Crippen LogP contribution in [0.25, 0.3) is 11.1 Å². The standard InChI is InChI=1S/C24H25NO4.C13H13N/c1-27-23-10-16-8-15-9-18(29-14-26)5-6-19(15)21-11-17-4-3-7-25(17)13-22(21)20(16)12-24(23)28-2;1-14(12-8-4-2-5-9-12)13-10-6-3-7-11-13/h5-6,9-10,12,14,17H,3-4,7-8,11,13H2,1-2H3;2-11H,1H3. The Hall–Kier alpha value is -4.55. The second-order valence-corrected chi connectivity index (χ2v) is 11.2. The van der Waals surface area contributed by atoms with Crippen LogP contribution < -0.4 is 19.1 Å². The first-order chi connectivity index (χ1) is 21.1. The average molecular weight is 575 g/mol. The highest BCUT2D eigenvalue weighted by molar-refractivity contribution is 5.96. The zero-order valence-corrected chi connectivity index (χ0v) is 25.1. The number of nitrogens with zero attached hydrogens (tertiary/aromatic N) is 2. The molecule has 0 bridgehead atoms. The van der Waals surface area contributed by atoms with E-state index in [2.05, 4.69) is 83.6 Å². The molecule has 0 spiro atoms. The van der Waals surface area contributed by atoms with E-state index in [-0.39, 0.29) is 0 Å². The van der Waals surface area contributed by atoms with Gasteiger partial charge in [-0.2, -0.15) is 0 Å². The van der Waals surface area contributed by atoms with Crippen molar-refractivity contribution in [3.63, 3.8) is 0 Å². The van der Waals surface area contributed by atoms with Crippen LogP contribution in [0.4, 0.5) is 11.4 Å². The van der Waals surface area contributed by atoms with Crippen LogP contribution in [0.1, 0.15) is 41.5 Å². The fourth-order valence-corrected chi connectivity index (χ4v) is 6.66. The summed E-state index contributed by atoms with van der Waals surface area (Å²) in [5, 5.41) is 0. The monoisotopic (exact) mass is 574 g/mol. The first-order valence-corrected chi connectivity index (χ1v) is 14.9. The van der Waals surface area contributed by atoms with Gasteiger partial charge in [0.2, 0.25) is 0 Å². The summed E-state index contributed by atoms with van der Waals surface area (Å²) < 4.78 is 16.3. The van der Waals surface area contributed by atoms with E-state index in [4.69, 9.17) is 14.2 Å². The van der Waals surface area contributed by atoms with Gasteiger partial charge in [-0.15, -0.1) is 0 Å². The molecule has 0 N–H and O–H groups in total. The third-order valence-electron chi connectivity index (χ3n) is 8.85. The van der Waals surface area contributed by atoms with E-state index >= 15 is 0 Å². The Morgan fingerprint density at radius 1 is 0.791 bits per heavy atom. The quantitative estimate of drug-likeness (QED) is 0.224. The Kier molecular flexibility index (Phi) is 8.47. The van der Waals surface area contributed by atoms with Crippen LogP contribution in [0, 0.1) is 0 Å². The van der Waals surface area contributed by atoms with Crippen molar-refractivity contribution in [3.8, 4) is 17.2 Å². The molecule has 7 rings (SSSR count). The highest BCUT2D eigenvalue weighted by Crippen LogP contribution is 2.47. The van der Waals surface area contributed by atoms with Gasteiger partial charge in [0.25, 0.3) is 6.47 Å². The number of para-hydroxylation sites is 2. The van der Waals surface area contributed by atoms with E-state index < -0.39 is 0 Å². The molecule has 6 heteroatoms. The van der Waals surface area contributed by atoms with Gasteiger partial charge in [-0.05, 0) is 114 Å². The lowest BCUT2D eigenvalue weighted by molar-refractivity contribution is -0.120. The second kappa shape index (κ2) is 12.8. The summed E-state index contributed by atoms with van der Waals surface area (Å²) in [5.41, 5.74) is 10.2. The van der Waals surface area contributed by atoms with Crippen LogP contribution in [0.5, 0.6) is 17.2 Å². The number of carbonyl (C=O) groups is 1. The van der Waals surface area contributed by atoms with E-state index in [0.29, 0.717) is 18.3 Å². The third-order valence-corrected chi connectivity index (χ3v) is 8.85. The van der Waals surface area contributed by atoms with E-state index in [1.807, 2.05) is 24.3 Å². The highest BCUT2D eigenvalue weighted by Gasteiger charge is 2.35. The average Bonchev–Trinajstić information content (AvgIpc) is 3.48. The predicted octanol–water partition coefficient (Wildman–Crippen LogP) is 7.38. The molecule has 4 aromatic rings. The molecule has 0 radical (unpaired) electrons. The summed E-state index contributed by atoms with van der Waals surface area (Å²) in [6.45, 7) is 2.62. The van der Waals surface area contributed by atoms with E-state index in [0.717, 1.165) is 30.9 Å². The summed E-state index contributed by atoms with van der Waals surface area (Å²) in [6.07, 6.45) is 4.35. The lowest BCUT2D eigenvalue weighted by Gasteiger charge is -2.34. The molecular formula is C37H38N2O4. The molecule has 2 heterocycles. The molecule has 6 nitrogen and oxygen atoms in total. The Labute approximate surface area is 254 Å². The Morgan fingerprint density at radius 2 is 1.44 bits per heavy atom. The summed E-state index contributed by atoms with van der Waals surface area (Å²) in [7, 11) is 5.43. The van der Waals surface area contributed by atoms with Crippen molar-refractivity contribution in [3.05, 3.63) is 113 Å². The van der Waals surface area contributed by atoms with E-state index in [9.17, 15) is 4.79 Å². The van der Waals surface area contributed by atoms with Crippen molar-refractivity contribution in [1.82, 2.24) is 4.90 Å². The lowest BCUT2D eigenvalue weighted by atomic mass is 9.86. The van der Waals surface area contributed by atoms with Gasteiger partial charge in [0.15, 0.2) is 11.5 Å². The normalized spacial score (nSPS) is 16.8. The minimum Gasteiger partial charge on any atom is -0.493 e. The van der Waals surface area contributed by atoms with Crippen molar-refractivity contribution in [2.45, 2.75) is 31.7 Å². The molecule has 0 amide bonds. The topological polar surface area (TPSA) is 51.2 Å². The van der Waals surface area contributed by atoms with Gasteiger partial charge in [-0.1, -0.05) is 42.5 Å². The largest absolute Gasteiger partial charge is 0.493 e. The van der Waals surface area contributed by atoms with Gasteiger partial charge >= 0.3 is 0 Å². The van der Waals surface area contributed by atoms with Crippen LogP contribution in [-0.2, 0) is 11.2 Å². The van der Waals surface area contributed by atoms with Crippen molar-refractivity contribution >= 4 is 29.0 Å². The first-order valence-electron chi connectivity index (χ1n) is 14.9. The minimum atomic E-state index is 0.488. The Morgan fingerprint density at radius 3 is 2.09 bits per heavy atom. The van der Waals surface area contributed by atoms with E-state index in [1.54, 1.807) is 14.2 Å². The molecular weight excluding hydrogens is 536 g/mol. The molecule has 220 valence electrons. The van der Waals surface area contributed by atoms with Gasteiger partial charge in [-0.25, -0.2) is 0 Å². The van der Waals surface area contributed by atoms with Crippen LogP contribution in [0.3, 0.4) is 0 Å². The number of ether oxygens (including phenoxy) is 3. The molecule has 1 unspecified atom stereocenters. The summed E-state index contributed by atoms with van der Waals surface area (Å²) in [4.78, 5) is 15.6. The van der Waals surface area contributed by atoms with Gasteiger partial charge in [0, 0.05) is 31.0 Å². The van der Waals surface area contributed by atoms with Crippen LogP contribution in [0.15, 0.2) is 91.0 Å². The minimum absolute atomic E-state index is 0.488. The van der Waals surface area contributed by atoms with Crippen molar-refractivity contribution in [1.29, 1.82) is 0 Å². The zero-order chi connectivity index (χ0) is 29.8. The number of rotatable bonds is 6. The number of anilines is 2. The SMILES string of the molecule is CN(c1ccccc1)c1ccccc1.COc1cc2c(cc1OC)C1=C(CC3CCCN3C1)c1ccc(OC=O)cc1C2. The summed E-state index contributed by atoms with van der Waals surface area (Å²) >= 11 is 0. The van der Waals surface area contributed by atoms with Crippen molar-refractivity contribution in [2.75, 3.05) is 39.3 Å². The molecule has 4 aromatic carbocycles. The second-order valence-electron chi connectivity index (χ2n) is 11.2. The smallest absolute Gasteiger partial charge is 0.298 e. The van der Waals surface area contributed by atoms with Crippen LogP contribution in [0.2, 0.25) is 0 Å². The van der Waals surface area contributed by atoms with Crippen molar-refractivity contribution < 1.29 is 19.0 Å². The van der Waals surface area contributed by atoms with Gasteiger partial charge < -0.3 is 19.1 Å². The summed E-state index contributed by atoms with van der Waals surface area (Å²) in [5.74, 6) is 2.09. The molecule has 1 saturated heterocycles. The van der Waals surface area contributed by atoms with Gasteiger partial charge in [0.05, 0.1) is 14.2 Å². The zero-order valence-electron chi connectivity index (χ0n) is 25.1. The number of hydrogen-bond acceptors (Lipinski definition) is 6. The molecule has 0 aromatic heterocycles. The fraction of sp³-hybridized carbons (Fsp3) is 0.270. The number of fused-ring (bicyclic) bond motifs is 5. The first kappa shape index (κ1) is 28.6. The maximum absolute atomic E-state index is 10.8. The highest BCUT2D eigenvalue weighted by atomic mass is 16.5. The van der Waals surface area contributed by atoms with E-state index in [1.165, 1.54) is 64.2 Å². The number of methoxy groups -OCH3 is 2. The van der Waals surface area contributed by atoms with Crippen LogP contribution >= 0.6 is 0 Å². The molecule has 1 fully saturated rings. The number of hydrogen-bond donors (Lipinski definition) is 0. The molecule has 2 aliphatic heterocycles. The molecule has 3 aliphatic rings. The Bertz CT molecular complexity index is 1580. The number of benzene rings is 4. The van der Waals surface area contributed by atoms with Gasteiger partial charge in [0.1, 0.15) is 5.75 Å². The Balaban J connectivity index is 0.000000197. The van der Waals surface area contributed by atoms with Gasteiger partial charge in [-0.3, -0.25) is 9.69 Å². The summed E-state index contributed by atoms with van der Waals surface area (Å²) in [6, 6.07) is 31.5. The molecule has 0 saturated carbocycles. The third kappa shape index (κ3) is 5.88. The lowest BCUT2D eigenvalue weighted by Crippen LogP contribution is -2.35. The molecule has 43 heavy (non-hydrogen) atoms. The molecule has 1 aliphatic carbocycles. The predicted molar refractivity (Wildman–Crippen MR) is 172 cm³/mol. The maximum Gasteiger partial charge on any atom is 0.298 e.